The number of ether oxygens (including phenoxy) is 1. The van der Waals surface area contributed by atoms with Crippen LogP contribution in [0.4, 0.5) is 0 Å². The minimum atomic E-state index is -3.63. The van der Waals surface area contributed by atoms with Crippen LogP contribution in [0.25, 0.3) is 0 Å². The molecule has 1 heterocycles. The van der Waals surface area contributed by atoms with Crippen molar-refractivity contribution in [3.8, 4) is 0 Å². The van der Waals surface area contributed by atoms with E-state index in [-0.39, 0.29) is 57.4 Å². The number of benzene rings is 1. The van der Waals surface area contributed by atoms with Crippen molar-refractivity contribution in [2.24, 2.45) is 5.92 Å². The van der Waals surface area contributed by atoms with Gasteiger partial charge in [-0.1, -0.05) is 26.0 Å². The van der Waals surface area contributed by atoms with Crippen LogP contribution in [0.5, 0.6) is 0 Å². The van der Waals surface area contributed by atoms with Crippen LogP contribution in [0.3, 0.4) is 0 Å². The number of carbonyl (C=O) groups is 3. The molecule has 33 heavy (non-hydrogen) atoms. The number of piperazine rings is 1. The van der Waals surface area contributed by atoms with Gasteiger partial charge in [0.2, 0.25) is 15.9 Å². The molecule has 0 unspecified atom stereocenters. The molecule has 184 valence electrons. The van der Waals surface area contributed by atoms with Gasteiger partial charge in [-0.05, 0) is 43.4 Å². The van der Waals surface area contributed by atoms with E-state index in [0.29, 0.717) is 22.9 Å². The maximum absolute atomic E-state index is 13.0. The normalized spacial score (nSPS) is 14.9. The fourth-order valence-corrected chi connectivity index (χ4v) is 5.17. The summed E-state index contributed by atoms with van der Waals surface area (Å²) in [6.07, 6.45) is 0.671. The molecule has 2 amide bonds. The molecule has 1 N–H and O–H groups in total. The monoisotopic (exact) mass is 481 g/mol. The number of amides is 2. The van der Waals surface area contributed by atoms with Gasteiger partial charge in [-0.3, -0.25) is 14.4 Å². The van der Waals surface area contributed by atoms with Crippen LogP contribution in [0, 0.1) is 19.8 Å². The molecule has 0 aromatic heterocycles. The van der Waals surface area contributed by atoms with Gasteiger partial charge in [0.25, 0.3) is 5.91 Å². The van der Waals surface area contributed by atoms with Crippen molar-refractivity contribution in [1.82, 2.24) is 14.5 Å². The second-order valence-corrected chi connectivity index (χ2v) is 10.7. The molecule has 0 radical (unpaired) electrons. The van der Waals surface area contributed by atoms with Crippen molar-refractivity contribution in [2.75, 3.05) is 39.3 Å². The number of rotatable bonds is 10. The lowest BCUT2D eigenvalue weighted by Crippen LogP contribution is -2.50. The van der Waals surface area contributed by atoms with E-state index in [0.717, 1.165) is 12.0 Å². The number of esters is 1. The zero-order valence-electron chi connectivity index (χ0n) is 19.9. The van der Waals surface area contributed by atoms with Gasteiger partial charge in [0, 0.05) is 39.1 Å². The van der Waals surface area contributed by atoms with E-state index in [1.807, 2.05) is 26.8 Å². The highest BCUT2D eigenvalue weighted by Gasteiger charge is 2.31. The summed E-state index contributed by atoms with van der Waals surface area (Å²) < 4.78 is 32.3. The zero-order valence-corrected chi connectivity index (χ0v) is 20.7. The van der Waals surface area contributed by atoms with Gasteiger partial charge in [0.05, 0.1) is 11.3 Å². The Bertz CT molecular complexity index is 953. The average molecular weight is 482 g/mol. The second kappa shape index (κ2) is 12.1. The number of nitrogens with zero attached hydrogens (tertiary/aromatic N) is 2. The summed E-state index contributed by atoms with van der Waals surface area (Å²) in [4.78, 5) is 37.8. The highest BCUT2D eigenvalue weighted by molar-refractivity contribution is 7.89. The Kier molecular flexibility index (Phi) is 9.85. The zero-order chi connectivity index (χ0) is 24.6. The second-order valence-electron chi connectivity index (χ2n) is 8.75. The highest BCUT2D eigenvalue weighted by atomic mass is 32.2. The first kappa shape index (κ1) is 26.8. The van der Waals surface area contributed by atoms with E-state index in [4.69, 9.17) is 4.74 Å². The van der Waals surface area contributed by atoms with Crippen molar-refractivity contribution >= 4 is 27.8 Å². The number of carbonyl (C=O) groups excluding carboxylic acids is 3. The van der Waals surface area contributed by atoms with Gasteiger partial charge < -0.3 is 15.0 Å². The summed E-state index contributed by atoms with van der Waals surface area (Å²) in [6, 6.07) is 5.32. The molecule has 1 fully saturated rings. The van der Waals surface area contributed by atoms with Gasteiger partial charge >= 0.3 is 5.97 Å². The molecule has 1 saturated heterocycles. The highest BCUT2D eigenvalue weighted by Crippen LogP contribution is 2.22. The van der Waals surface area contributed by atoms with Gasteiger partial charge in [-0.2, -0.15) is 4.31 Å². The molecule has 1 aliphatic heterocycles. The summed E-state index contributed by atoms with van der Waals surface area (Å²) in [6.45, 7) is 8.79. The summed E-state index contributed by atoms with van der Waals surface area (Å²) >= 11 is 0. The molecule has 0 bridgehead atoms. The fraction of sp³-hybridized carbons (Fsp3) is 0.609. The lowest BCUT2D eigenvalue weighted by atomic mass is 10.1. The molecule has 10 heteroatoms. The molecule has 1 aromatic rings. The Labute approximate surface area is 196 Å². The maximum atomic E-state index is 13.0. The first-order chi connectivity index (χ1) is 15.5. The molecule has 0 saturated carbocycles. The van der Waals surface area contributed by atoms with Gasteiger partial charge in [0.15, 0.2) is 6.61 Å². The lowest BCUT2D eigenvalue weighted by molar-refractivity contribution is -0.150. The Morgan fingerprint density at radius 2 is 1.73 bits per heavy atom. The summed E-state index contributed by atoms with van der Waals surface area (Å²) in [5, 5.41) is 2.68. The minimum Gasteiger partial charge on any atom is -0.456 e. The van der Waals surface area contributed by atoms with Crippen LogP contribution in [0.1, 0.15) is 44.2 Å². The molecule has 0 aliphatic carbocycles. The third-order valence-electron chi connectivity index (χ3n) is 5.50. The summed E-state index contributed by atoms with van der Waals surface area (Å²) in [5.41, 5.74) is 1.55. The predicted octanol–water partition coefficient (Wildman–Crippen LogP) is 1.62. The van der Waals surface area contributed by atoms with Crippen molar-refractivity contribution in [3.63, 3.8) is 0 Å². The minimum absolute atomic E-state index is 0.0441. The van der Waals surface area contributed by atoms with Crippen molar-refractivity contribution in [2.45, 2.75) is 51.9 Å². The SMILES string of the molecule is Cc1ccc(C)c(S(=O)(=O)N2CCN(C(=O)CCC(=O)OCC(=O)NCCC(C)C)CC2)c1. The number of sulfonamides is 1. The van der Waals surface area contributed by atoms with Crippen LogP contribution in [-0.2, 0) is 29.1 Å². The standard InChI is InChI=1S/C23H35N3O6S/c1-17(2)9-10-24-21(27)16-32-23(29)8-7-22(28)25-11-13-26(14-12-25)33(30,31)20-15-18(3)5-6-19(20)4/h5-6,15,17H,7-14,16H2,1-4H3,(H,24,27). The van der Waals surface area contributed by atoms with E-state index >= 15 is 0 Å². The van der Waals surface area contributed by atoms with Gasteiger partial charge in [-0.15, -0.1) is 0 Å². The lowest BCUT2D eigenvalue weighted by Gasteiger charge is -2.34. The van der Waals surface area contributed by atoms with Crippen molar-refractivity contribution in [1.29, 1.82) is 0 Å². The summed E-state index contributed by atoms with van der Waals surface area (Å²) in [5.74, 6) is -0.750. The number of hydrogen-bond acceptors (Lipinski definition) is 6. The van der Waals surface area contributed by atoms with E-state index in [1.54, 1.807) is 24.0 Å². The fourth-order valence-electron chi connectivity index (χ4n) is 3.44. The van der Waals surface area contributed by atoms with Crippen LogP contribution in [-0.4, -0.2) is 74.7 Å². The van der Waals surface area contributed by atoms with Crippen molar-refractivity contribution < 1.29 is 27.5 Å². The Hall–Kier alpha value is -2.46. The molecular weight excluding hydrogens is 446 g/mol. The Morgan fingerprint density at radius 1 is 1.06 bits per heavy atom. The van der Waals surface area contributed by atoms with E-state index < -0.39 is 16.0 Å². The quantitative estimate of drug-likeness (QED) is 0.508. The largest absolute Gasteiger partial charge is 0.456 e. The Morgan fingerprint density at radius 3 is 2.36 bits per heavy atom. The Balaban J connectivity index is 1.75. The molecule has 1 aliphatic rings. The topological polar surface area (TPSA) is 113 Å². The smallest absolute Gasteiger partial charge is 0.306 e. The van der Waals surface area contributed by atoms with Gasteiger partial charge in [-0.25, -0.2) is 8.42 Å². The van der Waals surface area contributed by atoms with Crippen LogP contribution >= 0.6 is 0 Å². The average Bonchev–Trinajstić information content (AvgIpc) is 2.77. The van der Waals surface area contributed by atoms with E-state index in [9.17, 15) is 22.8 Å². The molecular formula is C23H35N3O6S. The molecule has 0 spiro atoms. The predicted molar refractivity (Wildman–Crippen MR) is 124 cm³/mol. The number of aryl methyl sites for hydroxylation is 2. The number of hydrogen-bond donors (Lipinski definition) is 1. The third-order valence-corrected chi connectivity index (χ3v) is 7.54. The third kappa shape index (κ3) is 8.12. The van der Waals surface area contributed by atoms with Gasteiger partial charge in [0.1, 0.15) is 0 Å². The maximum Gasteiger partial charge on any atom is 0.306 e. The van der Waals surface area contributed by atoms with Crippen LogP contribution in [0.2, 0.25) is 0 Å². The first-order valence-electron chi connectivity index (χ1n) is 11.3. The molecule has 2 rings (SSSR count). The van der Waals surface area contributed by atoms with E-state index in [2.05, 4.69) is 5.32 Å². The molecule has 9 nitrogen and oxygen atoms in total. The van der Waals surface area contributed by atoms with Crippen LogP contribution < -0.4 is 5.32 Å². The van der Waals surface area contributed by atoms with E-state index in [1.165, 1.54) is 4.31 Å². The molecule has 1 aromatic carbocycles. The van der Waals surface area contributed by atoms with Crippen molar-refractivity contribution in [3.05, 3.63) is 29.3 Å². The summed E-state index contributed by atoms with van der Waals surface area (Å²) in [7, 11) is -3.63. The molecule has 0 atom stereocenters. The first-order valence-corrected chi connectivity index (χ1v) is 12.7. The van der Waals surface area contributed by atoms with Crippen LogP contribution in [0.15, 0.2) is 23.1 Å². The number of nitrogens with one attached hydrogen (secondary N) is 1.